The second-order valence-electron chi connectivity index (χ2n) is 10.6. The van der Waals surface area contributed by atoms with Crippen molar-refractivity contribution >= 4 is 17.3 Å². The lowest BCUT2D eigenvalue weighted by atomic mass is 9.45. The maximum atomic E-state index is 13.3. The second-order valence-corrected chi connectivity index (χ2v) is 10.6. The zero-order valence-electron chi connectivity index (χ0n) is 17.3. The number of nitrogens with zero attached hydrogens (tertiary/aromatic N) is 1. The average Bonchev–Trinajstić information content (AvgIpc) is 3.29. The Hall–Kier alpha value is -1.23. The molecule has 1 unspecified atom stereocenters. The largest absolute Gasteiger partial charge is 0.391 e. The Morgan fingerprint density at radius 1 is 1.04 bits per heavy atom. The highest BCUT2D eigenvalue weighted by Gasteiger charge is 2.62. The van der Waals surface area contributed by atoms with E-state index in [1.807, 2.05) is 0 Å². The van der Waals surface area contributed by atoms with Crippen molar-refractivity contribution in [3.63, 3.8) is 0 Å². The monoisotopic (exact) mass is 386 g/mol. The molecule has 1 heterocycles. The van der Waals surface area contributed by atoms with Crippen LogP contribution in [0.4, 0.5) is 0 Å². The van der Waals surface area contributed by atoms with E-state index >= 15 is 0 Å². The number of carbonyl (C=O) groups is 2. The van der Waals surface area contributed by atoms with Crippen molar-refractivity contribution < 1.29 is 14.4 Å². The molecule has 4 aliphatic carbocycles. The average molecular weight is 387 g/mol. The van der Waals surface area contributed by atoms with Gasteiger partial charge in [-0.1, -0.05) is 19.0 Å². The summed E-state index contributed by atoms with van der Waals surface area (Å²) in [5.41, 5.74) is 0.994. The molecule has 154 valence electrons. The number of carbonyl (C=O) groups excluding carboxylic acids is 2. The highest BCUT2D eigenvalue weighted by molar-refractivity contribution is 5.93. The van der Waals surface area contributed by atoms with E-state index in [9.17, 15) is 9.59 Å². The van der Waals surface area contributed by atoms with Crippen LogP contribution in [-0.2, 0) is 14.4 Å². The maximum absolute atomic E-state index is 13.3. The molecule has 0 bridgehead atoms. The molecule has 5 fully saturated rings. The summed E-state index contributed by atoms with van der Waals surface area (Å²) >= 11 is 0. The van der Waals surface area contributed by atoms with Crippen molar-refractivity contribution in [3.8, 4) is 0 Å². The fraction of sp³-hybridized carbons (Fsp3) is 0.870. The zero-order valence-corrected chi connectivity index (χ0v) is 17.3. The second kappa shape index (κ2) is 6.65. The summed E-state index contributed by atoms with van der Waals surface area (Å²) < 4.78 is 0. The minimum absolute atomic E-state index is 0.0703. The SMILES string of the molecule is C[C@]12CCC(=NO[C@@H]3CCNC3)CC1C(=O)C[C@@H]1[C@@H]2CC[C@]2(C)C(=O)CC[C@@H]12. The number of hydrogen-bond acceptors (Lipinski definition) is 5. The fourth-order valence-corrected chi connectivity index (χ4v) is 7.57. The smallest absolute Gasteiger partial charge is 0.141 e. The van der Waals surface area contributed by atoms with Gasteiger partial charge in [0.25, 0.3) is 0 Å². The van der Waals surface area contributed by atoms with Crippen molar-refractivity contribution in [1.29, 1.82) is 0 Å². The number of fused-ring (bicyclic) bond motifs is 5. The molecule has 1 saturated heterocycles. The lowest BCUT2D eigenvalue weighted by Gasteiger charge is -2.58. The van der Waals surface area contributed by atoms with Crippen LogP contribution in [0.5, 0.6) is 0 Å². The first kappa shape index (κ1) is 18.8. The van der Waals surface area contributed by atoms with Crippen LogP contribution in [-0.4, -0.2) is 36.5 Å². The van der Waals surface area contributed by atoms with E-state index in [1.165, 1.54) is 0 Å². The van der Waals surface area contributed by atoms with Crippen molar-refractivity contribution in [1.82, 2.24) is 5.32 Å². The minimum Gasteiger partial charge on any atom is -0.391 e. The normalized spacial score (nSPS) is 49.6. The summed E-state index contributed by atoms with van der Waals surface area (Å²) in [5, 5.41) is 7.78. The molecule has 0 radical (unpaired) electrons. The van der Waals surface area contributed by atoms with Crippen LogP contribution in [0.3, 0.4) is 0 Å². The van der Waals surface area contributed by atoms with Crippen LogP contribution in [0.15, 0.2) is 5.16 Å². The van der Waals surface area contributed by atoms with E-state index in [0.29, 0.717) is 35.7 Å². The molecule has 0 aromatic carbocycles. The van der Waals surface area contributed by atoms with Gasteiger partial charge in [0, 0.05) is 37.1 Å². The molecule has 5 rings (SSSR count). The summed E-state index contributed by atoms with van der Waals surface area (Å²) in [6, 6.07) is 0. The third-order valence-electron chi connectivity index (χ3n) is 9.35. The van der Waals surface area contributed by atoms with E-state index in [0.717, 1.165) is 70.2 Å². The molecule has 28 heavy (non-hydrogen) atoms. The molecule has 0 aromatic heterocycles. The summed E-state index contributed by atoms with van der Waals surface area (Å²) in [7, 11) is 0. The van der Waals surface area contributed by atoms with Crippen LogP contribution in [0.25, 0.3) is 0 Å². The highest BCUT2D eigenvalue weighted by atomic mass is 16.6. The van der Waals surface area contributed by atoms with E-state index < -0.39 is 0 Å². The Balaban J connectivity index is 1.35. The van der Waals surface area contributed by atoms with Gasteiger partial charge >= 0.3 is 0 Å². The molecular weight excluding hydrogens is 352 g/mol. The van der Waals surface area contributed by atoms with E-state index in [-0.39, 0.29) is 22.9 Å². The zero-order chi connectivity index (χ0) is 19.5. The van der Waals surface area contributed by atoms with E-state index in [4.69, 9.17) is 4.84 Å². The molecule has 7 atom stereocenters. The predicted octanol–water partition coefficient (Wildman–Crippen LogP) is 3.51. The quantitative estimate of drug-likeness (QED) is 0.738. The van der Waals surface area contributed by atoms with Gasteiger partial charge in [-0.3, -0.25) is 9.59 Å². The van der Waals surface area contributed by atoms with E-state index in [2.05, 4.69) is 24.3 Å². The first-order chi connectivity index (χ1) is 13.4. The molecule has 0 aromatic rings. The Morgan fingerprint density at radius 2 is 1.89 bits per heavy atom. The van der Waals surface area contributed by atoms with Crippen molar-refractivity contribution in [2.75, 3.05) is 13.1 Å². The van der Waals surface area contributed by atoms with Gasteiger partial charge in [0.2, 0.25) is 0 Å². The topological polar surface area (TPSA) is 67.8 Å². The molecule has 5 aliphatic rings. The van der Waals surface area contributed by atoms with Gasteiger partial charge in [-0.25, -0.2) is 0 Å². The molecule has 4 saturated carbocycles. The van der Waals surface area contributed by atoms with E-state index in [1.54, 1.807) is 0 Å². The Morgan fingerprint density at radius 3 is 2.68 bits per heavy atom. The molecule has 1 aliphatic heterocycles. The van der Waals surface area contributed by atoms with Gasteiger partial charge in [-0.2, -0.15) is 0 Å². The Bertz CT molecular complexity index is 713. The van der Waals surface area contributed by atoms with Crippen molar-refractivity contribution in [2.45, 2.75) is 77.7 Å². The van der Waals surface area contributed by atoms with Gasteiger partial charge in [-0.15, -0.1) is 0 Å². The Labute approximate surface area is 168 Å². The third-order valence-corrected chi connectivity index (χ3v) is 9.35. The molecule has 0 spiro atoms. The highest BCUT2D eigenvalue weighted by Crippen LogP contribution is 2.64. The summed E-state index contributed by atoms with van der Waals surface area (Å²) in [4.78, 5) is 31.6. The van der Waals surface area contributed by atoms with Crippen LogP contribution in [0.1, 0.15) is 71.6 Å². The fourth-order valence-electron chi connectivity index (χ4n) is 7.57. The predicted molar refractivity (Wildman–Crippen MR) is 107 cm³/mol. The lowest BCUT2D eigenvalue weighted by molar-refractivity contribution is -0.152. The number of hydrogen-bond donors (Lipinski definition) is 1. The van der Waals surface area contributed by atoms with Crippen LogP contribution in [0, 0.1) is 34.5 Å². The molecule has 1 N–H and O–H groups in total. The van der Waals surface area contributed by atoms with Crippen LogP contribution < -0.4 is 5.32 Å². The number of nitrogens with one attached hydrogen (secondary N) is 1. The molecule has 0 amide bonds. The van der Waals surface area contributed by atoms with Crippen molar-refractivity contribution in [2.24, 2.45) is 39.7 Å². The van der Waals surface area contributed by atoms with Crippen LogP contribution in [0.2, 0.25) is 0 Å². The van der Waals surface area contributed by atoms with Gasteiger partial charge in [0.1, 0.15) is 17.7 Å². The molecule has 5 heteroatoms. The van der Waals surface area contributed by atoms with Gasteiger partial charge in [-0.05, 0) is 68.2 Å². The van der Waals surface area contributed by atoms with Gasteiger partial charge in [0.05, 0.1) is 5.71 Å². The minimum atomic E-state index is -0.158. The summed E-state index contributed by atoms with van der Waals surface area (Å²) in [6.07, 6.45) is 8.50. The first-order valence-corrected chi connectivity index (χ1v) is 11.4. The Kier molecular flexibility index (Phi) is 4.46. The number of rotatable bonds is 2. The number of oxime groups is 1. The third kappa shape index (κ3) is 2.72. The standard InChI is InChI=1S/C23H34N2O3/c1-22-8-5-14(25-28-15-7-10-24-13-15)11-19(22)20(26)12-16-17-3-4-21(27)23(17,2)9-6-18(16)22/h15-19,24H,3-13H2,1-2H3/t15-,16+,17+,18+,19?,22-,23+/m1/s1. The number of Topliss-reactive ketones (excluding diaryl/α,β-unsaturated/α-hetero) is 2. The van der Waals surface area contributed by atoms with Crippen LogP contribution >= 0.6 is 0 Å². The number of ketones is 2. The molecular formula is C23H34N2O3. The van der Waals surface area contributed by atoms with Gasteiger partial charge in [0.15, 0.2) is 0 Å². The molecule has 5 nitrogen and oxygen atoms in total. The van der Waals surface area contributed by atoms with Gasteiger partial charge < -0.3 is 10.2 Å². The summed E-state index contributed by atoms with van der Waals surface area (Å²) in [5.74, 6) is 2.38. The first-order valence-electron chi connectivity index (χ1n) is 11.4. The summed E-state index contributed by atoms with van der Waals surface area (Å²) in [6.45, 7) is 6.42. The lowest BCUT2D eigenvalue weighted by Crippen LogP contribution is -2.56. The maximum Gasteiger partial charge on any atom is 0.141 e. The van der Waals surface area contributed by atoms with Crippen molar-refractivity contribution in [3.05, 3.63) is 0 Å².